The van der Waals surface area contributed by atoms with E-state index in [0.29, 0.717) is 26.3 Å². The third-order valence-electron chi connectivity index (χ3n) is 6.05. The molecular weight excluding hydrogens is 328 g/mol. The second-order valence-corrected chi connectivity index (χ2v) is 7.63. The van der Waals surface area contributed by atoms with E-state index in [1.165, 1.54) is 0 Å². The van der Waals surface area contributed by atoms with Crippen LogP contribution in [0.1, 0.15) is 79.1 Å². The summed E-state index contributed by atoms with van der Waals surface area (Å²) in [7, 11) is 3.44. The van der Waals surface area contributed by atoms with Crippen LogP contribution in [0.2, 0.25) is 0 Å². The number of carbonyl (C=O) groups excluding carboxylic acids is 1. The average Bonchev–Trinajstić information content (AvgIpc) is 2.78. The van der Waals surface area contributed by atoms with Gasteiger partial charge in [0.2, 0.25) is 0 Å². The zero-order valence-corrected chi connectivity index (χ0v) is 18.1. The Morgan fingerprint density at radius 3 is 1.23 bits per heavy atom. The van der Waals surface area contributed by atoms with Gasteiger partial charge >= 0.3 is 6.03 Å². The van der Waals surface area contributed by atoms with Crippen molar-refractivity contribution in [2.75, 3.05) is 40.5 Å². The number of carbonyl (C=O) groups is 1. The molecule has 1 aliphatic heterocycles. The summed E-state index contributed by atoms with van der Waals surface area (Å²) in [6, 6.07) is 0.183. The van der Waals surface area contributed by atoms with Crippen LogP contribution in [0.15, 0.2) is 0 Å². The van der Waals surface area contributed by atoms with Crippen LogP contribution in [0.5, 0.6) is 0 Å². The van der Waals surface area contributed by atoms with Crippen LogP contribution in [-0.4, -0.2) is 67.4 Å². The maximum absolute atomic E-state index is 13.6. The molecule has 5 heteroatoms. The zero-order chi connectivity index (χ0) is 19.6. The van der Waals surface area contributed by atoms with Gasteiger partial charge in [0.1, 0.15) is 0 Å². The number of amides is 2. The molecule has 0 aliphatic carbocycles. The first kappa shape index (κ1) is 23.2. The summed E-state index contributed by atoms with van der Waals surface area (Å²) in [5.74, 6) is 0. The molecule has 0 atom stereocenters. The normalized spacial score (nSPS) is 18.8. The molecule has 2 amide bonds. The number of hydrogen-bond acceptors (Lipinski definition) is 3. The molecule has 154 valence electrons. The average molecular weight is 371 g/mol. The highest BCUT2D eigenvalue weighted by molar-refractivity contribution is 5.80. The summed E-state index contributed by atoms with van der Waals surface area (Å²) in [6.45, 7) is 11.5. The summed E-state index contributed by atoms with van der Waals surface area (Å²) >= 11 is 0. The smallest absolute Gasteiger partial charge is 0.321 e. The van der Waals surface area contributed by atoms with Gasteiger partial charge in [-0.05, 0) is 25.7 Å². The molecule has 1 heterocycles. The van der Waals surface area contributed by atoms with Gasteiger partial charge in [-0.1, -0.05) is 53.4 Å². The largest absolute Gasteiger partial charge is 0.383 e. The predicted molar refractivity (Wildman–Crippen MR) is 108 cm³/mol. The van der Waals surface area contributed by atoms with Crippen LogP contribution >= 0.6 is 0 Å². The Morgan fingerprint density at radius 1 is 0.692 bits per heavy atom. The van der Waals surface area contributed by atoms with E-state index in [9.17, 15) is 4.79 Å². The number of rotatable bonds is 14. The van der Waals surface area contributed by atoms with Crippen molar-refractivity contribution in [3.05, 3.63) is 0 Å². The Morgan fingerprint density at radius 2 is 1.00 bits per heavy atom. The number of methoxy groups -OCH3 is 2. The van der Waals surface area contributed by atoms with Crippen LogP contribution in [0.3, 0.4) is 0 Å². The fraction of sp³-hybridized carbons (Fsp3) is 0.952. The molecule has 0 aromatic rings. The van der Waals surface area contributed by atoms with Gasteiger partial charge in [-0.15, -0.1) is 0 Å². The molecule has 0 aromatic heterocycles. The van der Waals surface area contributed by atoms with Crippen LogP contribution in [0.25, 0.3) is 0 Å². The van der Waals surface area contributed by atoms with Gasteiger partial charge in [0.15, 0.2) is 0 Å². The zero-order valence-electron chi connectivity index (χ0n) is 18.1. The minimum absolute atomic E-state index is 0.105. The van der Waals surface area contributed by atoms with Gasteiger partial charge in [0, 0.05) is 27.3 Å². The number of hydrogen-bond donors (Lipinski definition) is 0. The van der Waals surface area contributed by atoms with Crippen molar-refractivity contribution in [2.45, 2.75) is 90.1 Å². The first-order chi connectivity index (χ1) is 12.5. The van der Waals surface area contributed by atoms with Crippen molar-refractivity contribution in [2.24, 2.45) is 0 Å². The maximum atomic E-state index is 13.6. The minimum atomic E-state index is -0.105. The van der Waals surface area contributed by atoms with Crippen LogP contribution in [0, 0.1) is 0 Å². The first-order valence-corrected chi connectivity index (χ1v) is 10.6. The number of ether oxygens (including phenoxy) is 2. The van der Waals surface area contributed by atoms with Crippen LogP contribution in [-0.2, 0) is 9.47 Å². The van der Waals surface area contributed by atoms with E-state index in [-0.39, 0.29) is 17.1 Å². The molecule has 0 unspecified atom stereocenters. The lowest BCUT2D eigenvalue weighted by molar-refractivity contribution is 0.00170. The van der Waals surface area contributed by atoms with E-state index in [1.807, 2.05) is 0 Å². The third-order valence-corrected chi connectivity index (χ3v) is 6.05. The highest BCUT2D eigenvalue weighted by Crippen LogP contribution is 2.52. The van der Waals surface area contributed by atoms with Crippen molar-refractivity contribution in [3.63, 3.8) is 0 Å². The van der Waals surface area contributed by atoms with Gasteiger partial charge in [0.25, 0.3) is 0 Å². The van der Waals surface area contributed by atoms with Gasteiger partial charge in [-0.2, -0.15) is 0 Å². The van der Waals surface area contributed by atoms with Crippen molar-refractivity contribution in [3.8, 4) is 0 Å². The highest BCUT2D eigenvalue weighted by Gasteiger charge is 2.64. The molecule has 0 bridgehead atoms. The predicted octanol–water partition coefficient (Wildman–Crippen LogP) is 4.69. The topological polar surface area (TPSA) is 42.0 Å². The fourth-order valence-corrected chi connectivity index (χ4v) is 5.37. The SMILES string of the molecule is CCCC1(CCC)N(CCOC)C(=O)N(CCOC)C1(CCC)CCC. The molecule has 1 rings (SSSR count). The summed E-state index contributed by atoms with van der Waals surface area (Å²) in [6.07, 6.45) is 8.57. The Labute approximate surface area is 161 Å². The summed E-state index contributed by atoms with van der Waals surface area (Å²) in [5.41, 5.74) is -0.211. The molecule has 0 N–H and O–H groups in total. The van der Waals surface area contributed by atoms with Crippen molar-refractivity contribution in [1.29, 1.82) is 0 Å². The molecule has 1 fully saturated rings. The minimum Gasteiger partial charge on any atom is -0.383 e. The number of nitrogens with zero attached hydrogens (tertiary/aromatic N) is 2. The standard InChI is InChI=1S/C21H42N2O3/c1-7-11-20(12-8-2)21(13-9-3,14-10-4)23(16-18-26-6)19(24)22(20)15-17-25-5/h7-18H2,1-6H3. The Bertz CT molecular complexity index is 366. The summed E-state index contributed by atoms with van der Waals surface area (Å²) < 4.78 is 10.7. The van der Waals surface area contributed by atoms with E-state index in [2.05, 4.69) is 37.5 Å². The Kier molecular flexibility index (Phi) is 9.94. The van der Waals surface area contributed by atoms with E-state index in [4.69, 9.17) is 9.47 Å². The molecule has 0 radical (unpaired) electrons. The van der Waals surface area contributed by atoms with Crippen molar-refractivity contribution < 1.29 is 14.3 Å². The molecule has 0 spiro atoms. The third kappa shape index (κ3) is 4.19. The number of urea groups is 1. The second-order valence-electron chi connectivity index (χ2n) is 7.63. The Hall–Kier alpha value is -0.810. The monoisotopic (exact) mass is 370 g/mol. The Balaban J connectivity index is 3.53. The van der Waals surface area contributed by atoms with Crippen molar-refractivity contribution >= 4 is 6.03 Å². The molecule has 0 aromatic carbocycles. The maximum Gasteiger partial charge on any atom is 0.321 e. The van der Waals surface area contributed by atoms with Gasteiger partial charge in [0.05, 0.1) is 24.3 Å². The van der Waals surface area contributed by atoms with Crippen LogP contribution < -0.4 is 0 Å². The quantitative estimate of drug-likeness (QED) is 0.445. The fourth-order valence-electron chi connectivity index (χ4n) is 5.37. The second kappa shape index (κ2) is 11.1. The molecular formula is C21H42N2O3. The van der Waals surface area contributed by atoms with E-state index in [1.54, 1.807) is 14.2 Å². The molecule has 0 saturated carbocycles. The lowest BCUT2D eigenvalue weighted by atomic mass is 9.66. The van der Waals surface area contributed by atoms with Gasteiger partial charge in [-0.25, -0.2) is 4.79 Å². The van der Waals surface area contributed by atoms with Crippen LogP contribution in [0.4, 0.5) is 4.79 Å². The molecule has 5 nitrogen and oxygen atoms in total. The molecule has 26 heavy (non-hydrogen) atoms. The van der Waals surface area contributed by atoms with Gasteiger partial charge in [-0.3, -0.25) is 0 Å². The first-order valence-electron chi connectivity index (χ1n) is 10.6. The summed E-state index contributed by atoms with van der Waals surface area (Å²) in [5, 5.41) is 0. The molecule has 1 saturated heterocycles. The van der Waals surface area contributed by atoms with E-state index >= 15 is 0 Å². The van der Waals surface area contributed by atoms with Gasteiger partial charge < -0.3 is 19.3 Å². The highest BCUT2D eigenvalue weighted by atomic mass is 16.5. The van der Waals surface area contributed by atoms with Crippen molar-refractivity contribution in [1.82, 2.24) is 9.80 Å². The molecule has 1 aliphatic rings. The summed E-state index contributed by atoms with van der Waals surface area (Å²) in [4.78, 5) is 17.9. The van der Waals surface area contributed by atoms with E-state index < -0.39 is 0 Å². The lowest BCUT2D eigenvalue weighted by Crippen LogP contribution is -2.62. The lowest BCUT2D eigenvalue weighted by Gasteiger charge is -2.51. The van der Waals surface area contributed by atoms with E-state index in [0.717, 1.165) is 51.4 Å².